The number of carbonyl (C=O) groups is 1. The van der Waals surface area contributed by atoms with Gasteiger partial charge in [-0.2, -0.15) is 0 Å². The first-order chi connectivity index (χ1) is 12.0. The number of carboxylic acids is 1. The van der Waals surface area contributed by atoms with Crippen LogP contribution < -0.4 is 29.6 Å². The molecule has 144 valence electrons. The molecule has 3 N–H and O–H groups in total. The number of hydrogen-bond donors (Lipinski definition) is 3. The molecular weight excluding hydrogens is 343 g/mol. The van der Waals surface area contributed by atoms with Crippen LogP contribution in [-0.2, 0) is 9.53 Å². The first-order valence-corrected chi connectivity index (χ1v) is 9.63. The van der Waals surface area contributed by atoms with Crippen LogP contribution in [0.2, 0.25) is 0 Å². The number of carboxylic acid groups (broad SMARTS) is 1. The second kappa shape index (κ2) is 12.2. The van der Waals surface area contributed by atoms with Crippen molar-refractivity contribution in [2.75, 3.05) is 0 Å². The molecule has 1 heterocycles. The summed E-state index contributed by atoms with van der Waals surface area (Å²) in [5.74, 6) is 0.429. The van der Waals surface area contributed by atoms with Crippen LogP contribution in [0.4, 0.5) is 0 Å². The summed E-state index contributed by atoms with van der Waals surface area (Å²) in [4.78, 5) is 10.5. The molecule has 0 spiro atoms. The van der Waals surface area contributed by atoms with E-state index in [1.165, 1.54) is 0 Å². The largest absolute Gasteiger partial charge is 1.00 e. The molecule has 0 radical (unpaired) electrons. The van der Waals surface area contributed by atoms with E-state index in [0.717, 1.165) is 37.9 Å². The van der Waals surface area contributed by atoms with E-state index < -0.39 is 18.2 Å². The Morgan fingerprint density at radius 2 is 2.15 bits per heavy atom. The van der Waals surface area contributed by atoms with Gasteiger partial charge in [0.25, 0.3) is 0 Å². The maximum Gasteiger partial charge on any atom is 1.00 e. The molecule has 2 aliphatic rings. The molecule has 6 heteroatoms. The SMILES string of the molecule is CCCCC[C@H](O)C=C[C@@H]1[C@H]2CC(=CCCCC(=O)O)O[C@H]2C[C@H]1O.[H-].[Na+]. The Morgan fingerprint density at radius 1 is 1.38 bits per heavy atom. The molecule has 1 aliphatic carbocycles. The molecule has 2 fully saturated rings. The minimum Gasteiger partial charge on any atom is -1.00 e. The zero-order valence-corrected chi connectivity index (χ0v) is 18.1. The Kier molecular flexibility index (Phi) is 11.1. The van der Waals surface area contributed by atoms with E-state index in [1.807, 2.05) is 18.2 Å². The summed E-state index contributed by atoms with van der Waals surface area (Å²) in [5.41, 5.74) is 0. The number of aliphatic carboxylic acids is 1. The summed E-state index contributed by atoms with van der Waals surface area (Å²) in [6, 6.07) is 0. The van der Waals surface area contributed by atoms with Gasteiger partial charge in [-0.3, -0.25) is 4.79 Å². The summed E-state index contributed by atoms with van der Waals surface area (Å²) < 4.78 is 5.94. The Morgan fingerprint density at radius 3 is 2.85 bits per heavy atom. The van der Waals surface area contributed by atoms with Crippen LogP contribution in [-0.4, -0.2) is 39.6 Å². The number of allylic oxidation sites excluding steroid dienone is 2. The number of aliphatic hydroxyl groups is 2. The fourth-order valence-electron chi connectivity index (χ4n) is 3.86. The Labute approximate surface area is 180 Å². The van der Waals surface area contributed by atoms with Crippen molar-refractivity contribution in [1.82, 2.24) is 0 Å². The molecule has 0 unspecified atom stereocenters. The van der Waals surface area contributed by atoms with E-state index in [-0.39, 0.29) is 55.3 Å². The molecular formula is C20H33NaO5. The fourth-order valence-corrected chi connectivity index (χ4v) is 3.86. The van der Waals surface area contributed by atoms with Gasteiger partial charge in [0.15, 0.2) is 0 Å². The number of ether oxygens (including phenoxy) is 1. The van der Waals surface area contributed by atoms with Gasteiger partial charge in [-0.15, -0.1) is 0 Å². The predicted octanol–water partition coefficient (Wildman–Crippen LogP) is 0.525. The zero-order chi connectivity index (χ0) is 18.2. The van der Waals surface area contributed by atoms with Crippen molar-refractivity contribution < 1.29 is 55.8 Å². The topological polar surface area (TPSA) is 87.0 Å². The van der Waals surface area contributed by atoms with Gasteiger partial charge in [0.2, 0.25) is 0 Å². The van der Waals surface area contributed by atoms with E-state index in [2.05, 4.69) is 6.92 Å². The fraction of sp³-hybridized carbons (Fsp3) is 0.750. The van der Waals surface area contributed by atoms with Crippen molar-refractivity contribution in [1.29, 1.82) is 0 Å². The van der Waals surface area contributed by atoms with Crippen LogP contribution in [0.5, 0.6) is 0 Å². The minimum absolute atomic E-state index is 0. The van der Waals surface area contributed by atoms with E-state index >= 15 is 0 Å². The van der Waals surface area contributed by atoms with Crippen LogP contribution in [0, 0.1) is 11.8 Å². The Balaban J connectivity index is 0.00000338. The van der Waals surface area contributed by atoms with Crippen molar-refractivity contribution in [3.8, 4) is 0 Å². The standard InChI is InChI=1S/C20H32O5.Na.H/c1-2-3-4-7-14(21)10-11-16-17-12-15(8-5-6-9-20(23)24)25-19(17)13-18(16)22;;/h8,10-11,14,16-19,21-22H,2-7,9,12-13H2,1H3,(H,23,24);;/q;+1;-1/t14-,16+,17+,18+,19-;;/m0../s1. The van der Waals surface area contributed by atoms with Crippen molar-refractivity contribution in [2.45, 2.75) is 83.0 Å². The number of hydrogen-bond acceptors (Lipinski definition) is 4. The van der Waals surface area contributed by atoms with Crippen LogP contribution in [0.3, 0.4) is 0 Å². The average molecular weight is 376 g/mol. The first-order valence-electron chi connectivity index (χ1n) is 9.63. The van der Waals surface area contributed by atoms with E-state index in [1.54, 1.807) is 0 Å². The van der Waals surface area contributed by atoms with Crippen molar-refractivity contribution in [2.24, 2.45) is 11.8 Å². The summed E-state index contributed by atoms with van der Waals surface area (Å²) in [6.07, 6.45) is 12.0. The second-order valence-electron chi connectivity index (χ2n) is 7.31. The summed E-state index contributed by atoms with van der Waals surface area (Å²) in [5, 5.41) is 29.0. The minimum atomic E-state index is -0.770. The van der Waals surface area contributed by atoms with Crippen LogP contribution >= 0.6 is 0 Å². The molecule has 0 aromatic carbocycles. The van der Waals surface area contributed by atoms with Gasteiger partial charge in [0.05, 0.1) is 18.0 Å². The third-order valence-corrected chi connectivity index (χ3v) is 5.26. The van der Waals surface area contributed by atoms with E-state index in [4.69, 9.17) is 9.84 Å². The van der Waals surface area contributed by atoms with Crippen LogP contribution in [0.1, 0.15) is 66.1 Å². The molecule has 5 atom stereocenters. The van der Waals surface area contributed by atoms with Crippen LogP contribution in [0.15, 0.2) is 24.0 Å². The summed E-state index contributed by atoms with van der Waals surface area (Å²) >= 11 is 0. The normalized spacial score (nSPS) is 30.2. The molecule has 1 saturated carbocycles. The van der Waals surface area contributed by atoms with Gasteiger partial charge in [0.1, 0.15) is 6.10 Å². The number of aliphatic hydroxyl groups excluding tert-OH is 2. The molecule has 0 amide bonds. The maximum atomic E-state index is 10.5. The van der Waals surface area contributed by atoms with Gasteiger partial charge >= 0.3 is 35.5 Å². The Bertz CT molecular complexity index is 497. The van der Waals surface area contributed by atoms with Gasteiger partial charge in [-0.25, -0.2) is 0 Å². The summed E-state index contributed by atoms with van der Waals surface area (Å²) in [7, 11) is 0. The van der Waals surface area contributed by atoms with Gasteiger partial charge in [-0.1, -0.05) is 38.3 Å². The Hall–Kier alpha value is -0.330. The molecule has 0 bridgehead atoms. The molecule has 2 rings (SSSR count). The molecule has 1 saturated heterocycles. The number of unbranched alkanes of at least 4 members (excludes halogenated alkanes) is 3. The van der Waals surface area contributed by atoms with Gasteiger partial charge < -0.3 is 21.5 Å². The molecule has 1 aliphatic heterocycles. The second-order valence-corrected chi connectivity index (χ2v) is 7.31. The summed E-state index contributed by atoms with van der Waals surface area (Å²) in [6.45, 7) is 2.14. The van der Waals surface area contributed by atoms with Crippen molar-refractivity contribution >= 4 is 5.97 Å². The third kappa shape index (κ3) is 7.35. The first kappa shape index (κ1) is 23.7. The maximum absolute atomic E-state index is 10.5. The quantitative estimate of drug-likeness (QED) is 0.294. The van der Waals surface area contributed by atoms with E-state index in [0.29, 0.717) is 19.3 Å². The molecule has 0 aromatic heterocycles. The van der Waals surface area contributed by atoms with Crippen molar-refractivity contribution in [3.63, 3.8) is 0 Å². The van der Waals surface area contributed by atoms with Crippen LogP contribution in [0.25, 0.3) is 0 Å². The van der Waals surface area contributed by atoms with Gasteiger partial charge in [0, 0.05) is 31.1 Å². The predicted molar refractivity (Wildman–Crippen MR) is 97.1 cm³/mol. The average Bonchev–Trinajstić information content (AvgIpc) is 3.06. The molecule has 26 heavy (non-hydrogen) atoms. The number of fused-ring (bicyclic) bond motifs is 1. The van der Waals surface area contributed by atoms with Crippen molar-refractivity contribution in [3.05, 3.63) is 24.0 Å². The smallest absolute Gasteiger partial charge is 1.00 e. The van der Waals surface area contributed by atoms with Gasteiger partial charge in [-0.05, 0) is 25.3 Å². The molecule has 5 nitrogen and oxygen atoms in total. The monoisotopic (exact) mass is 376 g/mol. The molecule has 0 aromatic rings. The van der Waals surface area contributed by atoms with E-state index in [9.17, 15) is 15.0 Å². The zero-order valence-electron chi connectivity index (χ0n) is 17.1. The number of rotatable bonds is 10. The third-order valence-electron chi connectivity index (χ3n) is 5.26.